The SMILES string of the molecule is Cc1cc(Cl)c(NC(=N)NC(=N)N)c(Cl)c1.Cl. The van der Waals surface area contributed by atoms with Gasteiger partial charge in [0.25, 0.3) is 0 Å². The summed E-state index contributed by atoms with van der Waals surface area (Å²) in [6.45, 7) is 1.86. The molecule has 0 fully saturated rings. The zero-order valence-corrected chi connectivity index (χ0v) is 11.2. The summed E-state index contributed by atoms with van der Waals surface area (Å²) < 4.78 is 0. The van der Waals surface area contributed by atoms with E-state index in [1.165, 1.54) is 0 Å². The third-order valence-corrected chi connectivity index (χ3v) is 2.29. The average molecular weight is 297 g/mol. The molecule has 1 rings (SSSR count). The van der Waals surface area contributed by atoms with Crippen LogP contribution >= 0.6 is 35.6 Å². The molecular weight excluding hydrogens is 284 g/mol. The van der Waals surface area contributed by atoms with Crippen LogP contribution in [0.3, 0.4) is 0 Å². The normalized spacial score (nSPS) is 9.12. The Morgan fingerprint density at radius 2 is 1.71 bits per heavy atom. The zero-order chi connectivity index (χ0) is 12.3. The molecule has 0 spiro atoms. The summed E-state index contributed by atoms with van der Waals surface area (Å²) in [4.78, 5) is 0. The second kappa shape index (κ2) is 6.54. The maximum absolute atomic E-state index is 7.44. The number of hydrogen-bond acceptors (Lipinski definition) is 2. The topological polar surface area (TPSA) is 97.8 Å². The molecule has 0 aliphatic heterocycles. The number of nitrogens with one attached hydrogen (secondary N) is 4. The molecule has 0 heterocycles. The molecule has 0 aliphatic carbocycles. The molecule has 0 radical (unpaired) electrons. The highest BCUT2D eigenvalue weighted by atomic mass is 35.5. The van der Waals surface area contributed by atoms with E-state index >= 15 is 0 Å². The Hall–Kier alpha value is -1.17. The van der Waals surface area contributed by atoms with Crippen LogP contribution in [0.25, 0.3) is 0 Å². The molecule has 17 heavy (non-hydrogen) atoms. The van der Waals surface area contributed by atoms with E-state index in [-0.39, 0.29) is 24.3 Å². The number of halogens is 3. The van der Waals surface area contributed by atoms with E-state index in [1.54, 1.807) is 12.1 Å². The number of guanidine groups is 2. The summed E-state index contributed by atoms with van der Waals surface area (Å²) in [5.74, 6) is -0.503. The standard InChI is InChI=1S/C9H11Cl2N5.ClH/c1-4-2-5(10)7(6(11)3-4)15-9(14)16-8(12)13;/h2-3H,1H3,(H6,12,13,14,15,16);1H. The van der Waals surface area contributed by atoms with Gasteiger partial charge in [-0.15, -0.1) is 12.4 Å². The molecule has 94 valence electrons. The van der Waals surface area contributed by atoms with Gasteiger partial charge in [0.05, 0.1) is 15.7 Å². The Labute approximate surface area is 115 Å². The van der Waals surface area contributed by atoms with E-state index in [1.807, 2.05) is 6.92 Å². The lowest BCUT2D eigenvalue weighted by Gasteiger charge is -2.12. The number of aryl methyl sites for hydroxylation is 1. The van der Waals surface area contributed by atoms with Gasteiger partial charge in [0.15, 0.2) is 11.9 Å². The van der Waals surface area contributed by atoms with Crippen LogP contribution in [0, 0.1) is 17.7 Å². The lowest BCUT2D eigenvalue weighted by Crippen LogP contribution is -2.39. The maximum Gasteiger partial charge on any atom is 0.199 e. The van der Waals surface area contributed by atoms with Gasteiger partial charge in [-0.05, 0) is 24.6 Å². The lowest BCUT2D eigenvalue weighted by molar-refractivity contribution is 1.20. The Morgan fingerprint density at radius 3 is 2.12 bits per heavy atom. The number of rotatable bonds is 1. The van der Waals surface area contributed by atoms with Gasteiger partial charge in [-0.25, -0.2) is 0 Å². The first-order valence-electron chi connectivity index (χ1n) is 4.32. The van der Waals surface area contributed by atoms with Crippen molar-refractivity contribution in [2.75, 3.05) is 5.32 Å². The van der Waals surface area contributed by atoms with Crippen LogP contribution in [-0.2, 0) is 0 Å². The van der Waals surface area contributed by atoms with Crippen LogP contribution in [0.1, 0.15) is 5.56 Å². The minimum Gasteiger partial charge on any atom is -0.370 e. The number of anilines is 1. The molecule has 0 aromatic heterocycles. The highest BCUT2D eigenvalue weighted by Crippen LogP contribution is 2.31. The van der Waals surface area contributed by atoms with E-state index < -0.39 is 0 Å². The fourth-order valence-electron chi connectivity index (χ4n) is 1.11. The van der Waals surface area contributed by atoms with Crippen LogP contribution < -0.4 is 16.4 Å². The molecule has 5 nitrogen and oxygen atoms in total. The van der Waals surface area contributed by atoms with Crippen molar-refractivity contribution in [3.8, 4) is 0 Å². The number of hydrogen-bond donors (Lipinski definition) is 5. The second-order valence-corrected chi connectivity index (χ2v) is 3.96. The monoisotopic (exact) mass is 295 g/mol. The van der Waals surface area contributed by atoms with Crippen LogP contribution in [0.4, 0.5) is 5.69 Å². The molecule has 6 N–H and O–H groups in total. The summed E-state index contributed by atoms with van der Waals surface area (Å²) >= 11 is 11.9. The van der Waals surface area contributed by atoms with Gasteiger partial charge in [0.1, 0.15) is 0 Å². The first-order valence-corrected chi connectivity index (χ1v) is 5.08. The summed E-state index contributed by atoms with van der Waals surface area (Å²) in [5.41, 5.74) is 6.41. The largest absolute Gasteiger partial charge is 0.370 e. The van der Waals surface area contributed by atoms with Gasteiger partial charge in [0.2, 0.25) is 0 Å². The molecule has 0 saturated heterocycles. The van der Waals surface area contributed by atoms with Gasteiger partial charge in [-0.1, -0.05) is 23.2 Å². The summed E-state index contributed by atoms with van der Waals surface area (Å²) in [6.07, 6.45) is 0. The smallest absolute Gasteiger partial charge is 0.199 e. The third kappa shape index (κ3) is 4.68. The van der Waals surface area contributed by atoms with Crippen molar-refractivity contribution in [1.82, 2.24) is 5.32 Å². The van der Waals surface area contributed by atoms with Gasteiger partial charge in [-0.2, -0.15) is 0 Å². The molecule has 1 aromatic carbocycles. The van der Waals surface area contributed by atoms with Crippen LogP contribution in [0.5, 0.6) is 0 Å². The summed E-state index contributed by atoms with van der Waals surface area (Å²) in [5, 5.41) is 20.1. The quantitative estimate of drug-likeness (QED) is 0.407. The van der Waals surface area contributed by atoms with Crippen LogP contribution in [0.15, 0.2) is 12.1 Å². The number of benzene rings is 1. The molecular formula is C9H12Cl3N5. The Kier molecular flexibility index (Phi) is 6.09. The van der Waals surface area contributed by atoms with Crippen LogP contribution in [-0.4, -0.2) is 11.9 Å². The van der Waals surface area contributed by atoms with Gasteiger partial charge in [-0.3, -0.25) is 16.1 Å². The number of nitrogens with two attached hydrogens (primary N) is 1. The van der Waals surface area contributed by atoms with Crippen molar-refractivity contribution in [1.29, 1.82) is 10.8 Å². The zero-order valence-electron chi connectivity index (χ0n) is 8.90. The molecule has 0 saturated carbocycles. The Balaban J connectivity index is 0.00000256. The minimum absolute atomic E-state index is 0. The first-order chi connectivity index (χ1) is 7.40. The second-order valence-electron chi connectivity index (χ2n) is 3.14. The van der Waals surface area contributed by atoms with Crippen LogP contribution in [0.2, 0.25) is 10.0 Å². The molecule has 1 aromatic rings. The summed E-state index contributed by atoms with van der Waals surface area (Å²) in [6, 6.07) is 3.44. The van der Waals surface area contributed by atoms with Gasteiger partial charge >= 0.3 is 0 Å². The Morgan fingerprint density at radius 1 is 1.24 bits per heavy atom. The fraction of sp³-hybridized carbons (Fsp3) is 0.111. The molecule has 0 unspecified atom stereocenters. The average Bonchev–Trinajstić information content (AvgIpc) is 2.09. The van der Waals surface area contributed by atoms with E-state index in [2.05, 4.69) is 10.6 Å². The highest BCUT2D eigenvalue weighted by molar-refractivity contribution is 6.40. The third-order valence-electron chi connectivity index (χ3n) is 1.70. The van der Waals surface area contributed by atoms with E-state index in [9.17, 15) is 0 Å². The molecule has 0 amide bonds. The first kappa shape index (κ1) is 15.8. The molecule has 0 bridgehead atoms. The van der Waals surface area contributed by atoms with Crippen molar-refractivity contribution in [3.05, 3.63) is 27.7 Å². The van der Waals surface area contributed by atoms with Crippen molar-refractivity contribution >= 4 is 53.2 Å². The summed E-state index contributed by atoms with van der Waals surface area (Å²) in [7, 11) is 0. The van der Waals surface area contributed by atoms with Gasteiger partial charge in [0, 0.05) is 0 Å². The van der Waals surface area contributed by atoms with E-state index in [4.69, 9.17) is 39.8 Å². The Bertz CT molecular complexity index is 423. The molecule has 8 heteroatoms. The van der Waals surface area contributed by atoms with Crippen molar-refractivity contribution in [3.63, 3.8) is 0 Å². The van der Waals surface area contributed by atoms with E-state index in [0.29, 0.717) is 15.7 Å². The predicted molar refractivity (Wildman–Crippen MR) is 74.8 cm³/mol. The van der Waals surface area contributed by atoms with Crippen molar-refractivity contribution < 1.29 is 0 Å². The van der Waals surface area contributed by atoms with Crippen molar-refractivity contribution in [2.24, 2.45) is 5.73 Å². The van der Waals surface area contributed by atoms with Gasteiger partial charge < -0.3 is 11.1 Å². The maximum atomic E-state index is 7.44. The minimum atomic E-state index is -0.336. The molecule has 0 atom stereocenters. The lowest BCUT2D eigenvalue weighted by atomic mass is 10.2. The molecule has 0 aliphatic rings. The van der Waals surface area contributed by atoms with E-state index in [0.717, 1.165) is 5.56 Å². The van der Waals surface area contributed by atoms with Crippen molar-refractivity contribution in [2.45, 2.75) is 6.92 Å². The fourth-order valence-corrected chi connectivity index (χ4v) is 1.80. The highest BCUT2D eigenvalue weighted by Gasteiger charge is 2.08. The predicted octanol–water partition coefficient (Wildman–Crippen LogP) is 2.55.